The van der Waals surface area contributed by atoms with Gasteiger partial charge in [-0.1, -0.05) is 26.2 Å². The Balaban J connectivity index is 1.73. The monoisotopic (exact) mass is 283 g/mol. The zero-order valence-corrected chi connectivity index (χ0v) is 12.1. The van der Waals surface area contributed by atoms with Crippen LogP contribution in [-0.4, -0.2) is 35.2 Å². The van der Waals surface area contributed by atoms with E-state index in [0.29, 0.717) is 19.3 Å². The molecule has 5 nitrogen and oxygen atoms in total. The molecule has 0 radical (unpaired) electrons. The highest BCUT2D eigenvalue weighted by Gasteiger charge is 2.36. The van der Waals surface area contributed by atoms with Crippen LogP contribution in [0.4, 0.5) is 0 Å². The standard InChI is InChI=1S/C15H25NO4/c1-2-13(20-12-6-4-3-5-7-12)14(17)16-11-8-10(9-11)15(18)19/h10-13H,2-9H2,1H3,(H,16,17)(H,18,19). The SMILES string of the molecule is CCC(OC1CCCCC1)C(=O)NC1CC(C(=O)O)C1. The fourth-order valence-electron chi connectivity index (χ4n) is 3.01. The highest BCUT2D eigenvalue weighted by atomic mass is 16.5. The molecule has 0 aromatic rings. The summed E-state index contributed by atoms with van der Waals surface area (Å²) in [4.78, 5) is 22.9. The van der Waals surface area contributed by atoms with E-state index in [-0.39, 0.29) is 30.1 Å². The third kappa shape index (κ3) is 3.95. The quantitative estimate of drug-likeness (QED) is 0.782. The number of carboxylic acids is 1. The number of rotatable bonds is 6. The summed E-state index contributed by atoms with van der Waals surface area (Å²) in [7, 11) is 0. The Kier molecular flexibility index (Phi) is 5.40. The average molecular weight is 283 g/mol. The van der Waals surface area contributed by atoms with Crippen LogP contribution >= 0.6 is 0 Å². The maximum absolute atomic E-state index is 12.1. The summed E-state index contributed by atoms with van der Waals surface area (Å²) < 4.78 is 5.92. The molecule has 0 heterocycles. The summed E-state index contributed by atoms with van der Waals surface area (Å²) in [6.07, 6.45) is 7.32. The zero-order chi connectivity index (χ0) is 14.5. The van der Waals surface area contributed by atoms with E-state index in [2.05, 4.69) is 5.32 Å². The minimum atomic E-state index is -0.763. The topological polar surface area (TPSA) is 75.6 Å². The lowest BCUT2D eigenvalue weighted by molar-refractivity contribution is -0.148. The number of amides is 1. The molecule has 20 heavy (non-hydrogen) atoms. The van der Waals surface area contributed by atoms with E-state index in [4.69, 9.17) is 9.84 Å². The Morgan fingerprint density at radius 2 is 1.90 bits per heavy atom. The fourth-order valence-corrected chi connectivity index (χ4v) is 3.01. The van der Waals surface area contributed by atoms with Crippen LogP contribution in [0, 0.1) is 5.92 Å². The second-order valence-corrected chi connectivity index (χ2v) is 6.01. The molecule has 2 aliphatic carbocycles. The summed E-state index contributed by atoms with van der Waals surface area (Å²) in [5, 5.41) is 11.7. The van der Waals surface area contributed by atoms with Gasteiger partial charge in [0.1, 0.15) is 6.10 Å². The highest BCUT2D eigenvalue weighted by molar-refractivity contribution is 5.81. The molecule has 0 spiro atoms. The molecule has 1 amide bonds. The van der Waals surface area contributed by atoms with Gasteiger partial charge in [0.25, 0.3) is 0 Å². The molecular formula is C15H25NO4. The van der Waals surface area contributed by atoms with Crippen LogP contribution in [0.1, 0.15) is 58.3 Å². The molecule has 2 fully saturated rings. The van der Waals surface area contributed by atoms with Gasteiger partial charge in [-0.25, -0.2) is 0 Å². The van der Waals surface area contributed by atoms with Crippen molar-refractivity contribution in [2.24, 2.45) is 5.92 Å². The lowest BCUT2D eigenvalue weighted by Crippen LogP contribution is -2.50. The predicted molar refractivity (Wildman–Crippen MR) is 74.3 cm³/mol. The molecule has 2 N–H and O–H groups in total. The van der Waals surface area contributed by atoms with E-state index in [0.717, 1.165) is 12.8 Å². The average Bonchev–Trinajstić information content (AvgIpc) is 2.40. The molecule has 0 aromatic carbocycles. The molecule has 114 valence electrons. The van der Waals surface area contributed by atoms with Gasteiger partial charge in [-0.15, -0.1) is 0 Å². The summed E-state index contributed by atoms with van der Waals surface area (Å²) in [6, 6.07) is 0.00704. The van der Waals surface area contributed by atoms with Crippen molar-refractivity contribution in [3.63, 3.8) is 0 Å². The van der Waals surface area contributed by atoms with Crippen LogP contribution in [0.5, 0.6) is 0 Å². The Morgan fingerprint density at radius 3 is 2.45 bits per heavy atom. The van der Waals surface area contributed by atoms with Gasteiger partial charge in [0, 0.05) is 6.04 Å². The number of carbonyl (C=O) groups is 2. The van der Waals surface area contributed by atoms with E-state index in [1.807, 2.05) is 6.92 Å². The molecule has 2 saturated carbocycles. The van der Waals surface area contributed by atoms with Crippen molar-refractivity contribution in [1.29, 1.82) is 0 Å². The van der Waals surface area contributed by atoms with Crippen LogP contribution in [0.2, 0.25) is 0 Å². The maximum Gasteiger partial charge on any atom is 0.306 e. The molecular weight excluding hydrogens is 258 g/mol. The van der Waals surface area contributed by atoms with Gasteiger partial charge in [0.15, 0.2) is 0 Å². The zero-order valence-electron chi connectivity index (χ0n) is 12.1. The Morgan fingerprint density at radius 1 is 1.25 bits per heavy atom. The number of carbonyl (C=O) groups excluding carboxylic acids is 1. The first-order valence-corrected chi connectivity index (χ1v) is 7.78. The minimum Gasteiger partial charge on any atom is -0.481 e. The number of hydrogen-bond acceptors (Lipinski definition) is 3. The third-order valence-corrected chi connectivity index (χ3v) is 4.41. The van der Waals surface area contributed by atoms with E-state index < -0.39 is 5.97 Å². The van der Waals surface area contributed by atoms with Gasteiger partial charge in [-0.05, 0) is 32.1 Å². The van der Waals surface area contributed by atoms with E-state index in [9.17, 15) is 9.59 Å². The lowest BCUT2D eigenvalue weighted by atomic mass is 9.80. The van der Waals surface area contributed by atoms with Crippen LogP contribution in [-0.2, 0) is 14.3 Å². The Bertz CT molecular complexity index is 346. The fraction of sp³-hybridized carbons (Fsp3) is 0.867. The molecule has 0 saturated heterocycles. The van der Waals surface area contributed by atoms with Crippen molar-refractivity contribution in [2.75, 3.05) is 0 Å². The van der Waals surface area contributed by atoms with E-state index >= 15 is 0 Å². The van der Waals surface area contributed by atoms with Crippen LogP contribution < -0.4 is 5.32 Å². The molecule has 1 atom stereocenters. The summed E-state index contributed by atoms with van der Waals surface area (Å²) in [5.74, 6) is -1.13. The van der Waals surface area contributed by atoms with Crippen molar-refractivity contribution < 1.29 is 19.4 Å². The molecule has 0 aliphatic heterocycles. The van der Waals surface area contributed by atoms with Crippen molar-refractivity contribution >= 4 is 11.9 Å². The van der Waals surface area contributed by atoms with Gasteiger partial charge in [0.05, 0.1) is 12.0 Å². The first kappa shape index (κ1) is 15.3. The molecule has 2 rings (SSSR count). The maximum atomic E-state index is 12.1. The van der Waals surface area contributed by atoms with Gasteiger partial charge in [-0.3, -0.25) is 9.59 Å². The van der Waals surface area contributed by atoms with Crippen LogP contribution in [0.15, 0.2) is 0 Å². The summed E-state index contributed by atoms with van der Waals surface area (Å²) in [5.41, 5.74) is 0. The second-order valence-electron chi connectivity index (χ2n) is 6.01. The smallest absolute Gasteiger partial charge is 0.306 e. The predicted octanol–water partition coefficient (Wildman–Crippen LogP) is 2.09. The largest absolute Gasteiger partial charge is 0.481 e. The minimum absolute atomic E-state index is 0.00704. The van der Waals surface area contributed by atoms with Gasteiger partial charge < -0.3 is 15.2 Å². The Hall–Kier alpha value is -1.10. The van der Waals surface area contributed by atoms with Crippen LogP contribution in [0.3, 0.4) is 0 Å². The normalized spacial score (nSPS) is 28.4. The molecule has 0 aromatic heterocycles. The van der Waals surface area contributed by atoms with E-state index in [1.54, 1.807) is 0 Å². The number of hydrogen-bond donors (Lipinski definition) is 2. The van der Waals surface area contributed by atoms with Gasteiger partial charge in [-0.2, -0.15) is 0 Å². The number of nitrogens with one attached hydrogen (secondary N) is 1. The molecule has 2 aliphatic rings. The second kappa shape index (κ2) is 7.07. The number of ether oxygens (including phenoxy) is 1. The van der Waals surface area contributed by atoms with Crippen LogP contribution in [0.25, 0.3) is 0 Å². The molecule has 5 heteroatoms. The van der Waals surface area contributed by atoms with Crippen molar-refractivity contribution in [2.45, 2.75) is 76.5 Å². The first-order valence-electron chi connectivity index (χ1n) is 7.78. The number of aliphatic carboxylic acids is 1. The van der Waals surface area contributed by atoms with Crippen molar-refractivity contribution in [3.8, 4) is 0 Å². The summed E-state index contributed by atoms with van der Waals surface area (Å²) >= 11 is 0. The molecule has 1 unspecified atom stereocenters. The van der Waals surface area contributed by atoms with E-state index in [1.165, 1.54) is 19.3 Å². The molecule has 0 bridgehead atoms. The lowest BCUT2D eigenvalue weighted by Gasteiger charge is -2.34. The number of carboxylic acid groups (broad SMARTS) is 1. The summed E-state index contributed by atoms with van der Waals surface area (Å²) in [6.45, 7) is 1.95. The first-order chi connectivity index (χ1) is 9.60. The van der Waals surface area contributed by atoms with Crippen molar-refractivity contribution in [3.05, 3.63) is 0 Å². The van der Waals surface area contributed by atoms with Gasteiger partial charge in [0.2, 0.25) is 5.91 Å². The third-order valence-electron chi connectivity index (χ3n) is 4.41. The van der Waals surface area contributed by atoms with Crippen molar-refractivity contribution in [1.82, 2.24) is 5.32 Å². The Labute approximate surface area is 120 Å². The van der Waals surface area contributed by atoms with Gasteiger partial charge >= 0.3 is 5.97 Å². The highest BCUT2D eigenvalue weighted by Crippen LogP contribution is 2.28.